The summed E-state index contributed by atoms with van der Waals surface area (Å²) in [7, 11) is -4.10. The Kier molecular flexibility index (Phi) is 10.3. The molecule has 1 unspecified atom stereocenters. The Morgan fingerprint density at radius 3 is 2.33 bits per heavy atom. The van der Waals surface area contributed by atoms with Crippen LogP contribution in [0, 0.1) is 46.3 Å². The molecule has 1 heterocycles. The predicted molar refractivity (Wildman–Crippen MR) is 162 cm³/mol. The average Bonchev–Trinajstić information content (AvgIpc) is 3.32. The summed E-state index contributed by atoms with van der Waals surface area (Å²) in [5.74, 6) is 1.18. The standard InChI is InChI=1S/C32H53NO11S/c1-17(4-9-24(34)33-14-15-45(40,41)42)21-7-8-22-20-6-5-18-16-19(10-12-31(18,2)23(20)11-13-32(21,22)3)43-30-27(37)25(35)26(36)28(44-30)29(38)39/h17-23,25-28,30,35-37H,4-16H2,1-3H3,(H,33,34)(H,38,39)(H,40,41,42)/t17-,18-,19?,20+,21-,22+,23+,25+,26+,27-,28+,30-,31+,32-/m1/s1. The van der Waals surface area contributed by atoms with Crippen molar-refractivity contribution in [1.82, 2.24) is 5.32 Å². The van der Waals surface area contributed by atoms with Crippen LogP contribution >= 0.6 is 0 Å². The number of carbonyl (C=O) groups excluding carboxylic acids is 1. The maximum Gasteiger partial charge on any atom is 0.335 e. The van der Waals surface area contributed by atoms with Crippen LogP contribution in [0.1, 0.15) is 91.4 Å². The van der Waals surface area contributed by atoms with Crippen LogP contribution in [0.25, 0.3) is 0 Å². The summed E-state index contributed by atoms with van der Waals surface area (Å²) in [5, 5.41) is 42.7. The lowest BCUT2D eigenvalue weighted by molar-refractivity contribution is -0.309. The van der Waals surface area contributed by atoms with Gasteiger partial charge in [0, 0.05) is 13.0 Å². The number of ether oxygens (including phenoxy) is 2. The fraction of sp³-hybridized carbons (Fsp3) is 0.938. The Labute approximate surface area is 266 Å². The number of carbonyl (C=O) groups is 2. The number of carboxylic acids is 1. The van der Waals surface area contributed by atoms with Gasteiger partial charge >= 0.3 is 5.97 Å². The normalized spacial score (nSPS) is 45.5. The van der Waals surface area contributed by atoms with E-state index in [-0.39, 0.29) is 29.4 Å². The molecule has 0 radical (unpaired) electrons. The number of nitrogens with one attached hydrogen (secondary N) is 1. The molecule has 1 aliphatic heterocycles. The maximum absolute atomic E-state index is 12.3. The molecule has 258 valence electrons. The van der Waals surface area contributed by atoms with E-state index in [0.29, 0.717) is 41.9 Å². The molecule has 13 heteroatoms. The third-order valence-corrected chi connectivity index (χ3v) is 13.7. The molecule has 4 aliphatic carbocycles. The molecular formula is C32H53NO11S. The quantitative estimate of drug-likeness (QED) is 0.149. The number of amides is 1. The van der Waals surface area contributed by atoms with Gasteiger partial charge in [-0.2, -0.15) is 8.42 Å². The van der Waals surface area contributed by atoms with Crippen LogP contribution in [-0.4, -0.2) is 94.4 Å². The lowest BCUT2D eigenvalue weighted by Gasteiger charge is -2.61. The van der Waals surface area contributed by atoms with E-state index in [0.717, 1.165) is 51.4 Å². The molecule has 0 aromatic heterocycles. The zero-order valence-electron chi connectivity index (χ0n) is 26.7. The Morgan fingerprint density at radius 2 is 1.64 bits per heavy atom. The summed E-state index contributed by atoms with van der Waals surface area (Å²) in [6, 6.07) is 0. The Hall–Kier alpha value is -1.35. The zero-order valence-corrected chi connectivity index (χ0v) is 27.5. The highest BCUT2D eigenvalue weighted by atomic mass is 32.2. The Balaban J connectivity index is 1.16. The lowest BCUT2D eigenvalue weighted by atomic mass is 9.44. The van der Waals surface area contributed by atoms with Crippen molar-refractivity contribution in [1.29, 1.82) is 0 Å². The van der Waals surface area contributed by atoms with Gasteiger partial charge in [0.2, 0.25) is 5.91 Å². The monoisotopic (exact) mass is 659 g/mol. The van der Waals surface area contributed by atoms with Gasteiger partial charge in [0.05, 0.1) is 11.9 Å². The molecule has 6 N–H and O–H groups in total. The number of carboxylic acid groups (broad SMARTS) is 1. The summed E-state index contributed by atoms with van der Waals surface area (Å²) in [6.45, 7) is 7.08. The van der Waals surface area contributed by atoms with Gasteiger partial charge in [-0.15, -0.1) is 0 Å². The first-order valence-electron chi connectivity index (χ1n) is 16.8. The number of hydrogen-bond donors (Lipinski definition) is 6. The highest BCUT2D eigenvalue weighted by Crippen LogP contribution is 2.68. The molecule has 14 atom stereocenters. The first kappa shape index (κ1) is 35.0. The molecule has 0 aromatic rings. The van der Waals surface area contributed by atoms with Crippen LogP contribution in [0.15, 0.2) is 0 Å². The first-order valence-corrected chi connectivity index (χ1v) is 18.5. The number of aliphatic hydroxyl groups is 3. The Morgan fingerprint density at radius 1 is 0.956 bits per heavy atom. The summed E-state index contributed by atoms with van der Waals surface area (Å²) >= 11 is 0. The zero-order chi connectivity index (χ0) is 32.9. The van der Waals surface area contributed by atoms with Crippen molar-refractivity contribution in [2.75, 3.05) is 12.3 Å². The van der Waals surface area contributed by atoms with Gasteiger partial charge in [-0.25, -0.2) is 4.79 Å². The average molecular weight is 660 g/mol. The second kappa shape index (κ2) is 13.3. The number of aliphatic hydroxyl groups excluding tert-OH is 3. The highest BCUT2D eigenvalue weighted by Gasteiger charge is 2.61. The fourth-order valence-electron chi connectivity index (χ4n) is 10.6. The smallest absolute Gasteiger partial charge is 0.335 e. The maximum atomic E-state index is 12.3. The van der Waals surface area contributed by atoms with Crippen molar-refractivity contribution in [2.45, 2.75) is 128 Å². The van der Waals surface area contributed by atoms with E-state index in [1.807, 2.05) is 0 Å². The SMILES string of the molecule is C[C@H](CCC(=O)NCCS(=O)(=O)O)[C@H]1CC[C@H]2[C@@H]3CC[C@@H]4CC(O[C@@H]5O[C@H](C(=O)O)[C@@H](O)[C@H](O)[C@H]5O)CC[C@]4(C)[C@H]3CC[C@]12C. The van der Waals surface area contributed by atoms with Crippen LogP contribution in [0.5, 0.6) is 0 Å². The summed E-state index contributed by atoms with van der Waals surface area (Å²) < 4.78 is 42.2. The number of aliphatic carboxylic acids is 1. The van der Waals surface area contributed by atoms with Crippen LogP contribution in [-0.2, 0) is 29.2 Å². The molecule has 1 amide bonds. The summed E-state index contributed by atoms with van der Waals surface area (Å²) in [6.07, 6.45) is 2.41. The van der Waals surface area contributed by atoms with Crippen molar-refractivity contribution in [3.8, 4) is 0 Å². The molecule has 5 rings (SSSR count). The van der Waals surface area contributed by atoms with Gasteiger partial charge in [-0.1, -0.05) is 20.8 Å². The molecule has 1 saturated heterocycles. The van der Waals surface area contributed by atoms with E-state index in [1.54, 1.807) is 0 Å². The molecule has 0 bridgehead atoms. The van der Waals surface area contributed by atoms with Gasteiger partial charge in [-0.3, -0.25) is 9.35 Å². The van der Waals surface area contributed by atoms with E-state index in [9.17, 15) is 38.4 Å². The second-order valence-corrected chi connectivity index (χ2v) is 16.9. The van der Waals surface area contributed by atoms with Gasteiger partial charge in [-0.05, 0) is 111 Å². The number of rotatable bonds is 10. The third kappa shape index (κ3) is 6.96. The third-order valence-electron chi connectivity index (χ3n) is 13.0. The molecule has 0 aromatic carbocycles. The van der Waals surface area contributed by atoms with E-state index >= 15 is 0 Å². The van der Waals surface area contributed by atoms with Gasteiger partial charge in [0.1, 0.15) is 18.3 Å². The summed E-state index contributed by atoms with van der Waals surface area (Å²) in [5.41, 5.74) is 0.394. The van der Waals surface area contributed by atoms with Gasteiger partial charge in [0.25, 0.3) is 10.1 Å². The minimum Gasteiger partial charge on any atom is -0.479 e. The van der Waals surface area contributed by atoms with Crippen molar-refractivity contribution >= 4 is 22.0 Å². The second-order valence-electron chi connectivity index (χ2n) is 15.3. The molecule has 5 fully saturated rings. The van der Waals surface area contributed by atoms with Crippen molar-refractivity contribution in [3.63, 3.8) is 0 Å². The van der Waals surface area contributed by atoms with Crippen molar-refractivity contribution in [3.05, 3.63) is 0 Å². The van der Waals surface area contributed by atoms with Gasteiger partial charge < -0.3 is 35.2 Å². The van der Waals surface area contributed by atoms with Crippen molar-refractivity contribution in [2.24, 2.45) is 46.3 Å². The fourth-order valence-corrected chi connectivity index (χ4v) is 11.0. The summed E-state index contributed by atoms with van der Waals surface area (Å²) in [4.78, 5) is 23.9. The number of fused-ring (bicyclic) bond motifs is 5. The van der Waals surface area contributed by atoms with Crippen LogP contribution in [0.2, 0.25) is 0 Å². The molecule has 5 aliphatic rings. The minimum absolute atomic E-state index is 0.0836. The van der Waals surface area contributed by atoms with E-state index in [2.05, 4.69) is 26.1 Å². The number of hydrogen-bond acceptors (Lipinski definition) is 9. The molecule has 4 saturated carbocycles. The van der Waals surface area contributed by atoms with Crippen molar-refractivity contribution < 1.29 is 52.5 Å². The lowest BCUT2D eigenvalue weighted by Crippen LogP contribution is -2.61. The van der Waals surface area contributed by atoms with E-state index < -0.39 is 52.5 Å². The van der Waals surface area contributed by atoms with Crippen LogP contribution in [0.4, 0.5) is 0 Å². The molecule has 45 heavy (non-hydrogen) atoms. The molecular weight excluding hydrogens is 606 g/mol. The molecule has 12 nitrogen and oxygen atoms in total. The van der Waals surface area contributed by atoms with E-state index in [4.69, 9.17) is 14.0 Å². The Bertz CT molecular complexity index is 1200. The van der Waals surface area contributed by atoms with E-state index in [1.165, 1.54) is 12.8 Å². The molecule has 0 spiro atoms. The first-order chi connectivity index (χ1) is 21.0. The van der Waals surface area contributed by atoms with Gasteiger partial charge in [0.15, 0.2) is 12.4 Å². The highest BCUT2D eigenvalue weighted by molar-refractivity contribution is 7.85. The largest absolute Gasteiger partial charge is 0.479 e. The minimum atomic E-state index is -4.10. The van der Waals surface area contributed by atoms with Crippen LogP contribution < -0.4 is 5.32 Å². The van der Waals surface area contributed by atoms with Crippen LogP contribution in [0.3, 0.4) is 0 Å². The topological polar surface area (TPSA) is 200 Å². The predicted octanol–water partition coefficient (Wildman–Crippen LogP) is 2.34.